The van der Waals surface area contributed by atoms with Gasteiger partial charge in [-0.15, -0.1) is 0 Å². The van der Waals surface area contributed by atoms with Crippen molar-refractivity contribution in [3.05, 3.63) is 12.4 Å². The lowest BCUT2D eigenvalue weighted by Gasteiger charge is -2.61. The summed E-state index contributed by atoms with van der Waals surface area (Å²) >= 11 is 1.72. The van der Waals surface area contributed by atoms with Crippen LogP contribution in [-0.2, 0) is 11.8 Å². The number of hydrogen-bond donors (Lipinski definition) is 1. The Morgan fingerprint density at radius 1 is 1.17 bits per heavy atom. The van der Waals surface area contributed by atoms with Crippen LogP contribution in [0.4, 0.5) is 0 Å². The van der Waals surface area contributed by atoms with Crippen molar-refractivity contribution >= 4 is 17.5 Å². The summed E-state index contributed by atoms with van der Waals surface area (Å²) in [5, 5.41) is 12.9. The maximum atomic E-state index is 12.1. The van der Waals surface area contributed by atoms with Crippen LogP contribution in [0.5, 0.6) is 0 Å². The van der Waals surface area contributed by atoms with Crippen molar-refractivity contribution in [1.82, 2.24) is 9.55 Å². The molecule has 29 heavy (non-hydrogen) atoms. The summed E-state index contributed by atoms with van der Waals surface area (Å²) in [6.45, 7) is 4.89. The predicted octanol–water partition coefficient (Wildman–Crippen LogP) is 4.86. The van der Waals surface area contributed by atoms with Crippen molar-refractivity contribution in [3.8, 4) is 0 Å². The van der Waals surface area contributed by atoms with E-state index in [-0.39, 0.29) is 5.41 Å². The van der Waals surface area contributed by atoms with Gasteiger partial charge in [-0.3, -0.25) is 4.79 Å². The molecule has 4 aliphatic rings. The summed E-state index contributed by atoms with van der Waals surface area (Å²) in [7, 11) is 2.03. The molecule has 4 nitrogen and oxygen atoms in total. The molecule has 0 bridgehead atoms. The van der Waals surface area contributed by atoms with Crippen molar-refractivity contribution in [3.63, 3.8) is 0 Å². The highest BCUT2D eigenvalue weighted by Crippen LogP contribution is 2.68. The molecular weight excluding hydrogens is 380 g/mol. The quantitative estimate of drug-likeness (QED) is 0.715. The molecule has 0 aromatic carbocycles. The van der Waals surface area contributed by atoms with Crippen LogP contribution in [0.3, 0.4) is 0 Å². The first kappa shape index (κ1) is 20.1. The molecule has 0 amide bonds. The van der Waals surface area contributed by atoms with Crippen LogP contribution < -0.4 is 0 Å². The number of ketones is 1. The molecular formula is C24H36N2O2S. The fraction of sp³-hybridized carbons (Fsp3) is 0.833. The van der Waals surface area contributed by atoms with E-state index in [0.717, 1.165) is 61.3 Å². The Labute approximate surface area is 179 Å². The van der Waals surface area contributed by atoms with Gasteiger partial charge in [0.25, 0.3) is 0 Å². The molecule has 1 N–H and O–H groups in total. The van der Waals surface area contributed by atoms with Crippen LogP contribution >= 0.6 is 11.8 Å². The molecule has 0 radical (unpaired) electrons. The monoisotopic (exact) mass is 416 g/mol. The van der Waals surface area contributed by atoms with Crippen LogP contribution in [0, 0.1) is 34.5 Å². The number of hydrogen-bond acceptors (Lipinski definition) is 4. The molecule has 0 spiro atoms. The fourth-order valence-electron chi connectivity index (χ4n) is 8.07. The van der Waals surface area contributed by atoms with Gasteiger partial charge in [-0.05, 0) is 74.0 Å². The fourth-order valence-corrected chi connectivity index (χ4v) is 9.31. The van der Waals surface area contributed by atoms with E-state index in [1.54, 1.807) is 11.8 Å². The Morgan fingerprint density at radius 3 is 2.72 bits per heavy atom. The average molecular weight is 417 g/mol. The lowest BCUT2D eigenvalue weighted by molar-refractivity contribution is -0.152. The van der Waals surface area contributed by atoms with Gasteiger partial charge in [-0.1, -0.05) is 25.6 Å². The van der Waals surface area contributed by atoms with Crippen molar-refractivity contribution in [1.29, 1.82) is 0 Å². The lowest BCUT2D eigenvalue weighted by Crippen LogP contribution is -2.57. The maximum absolute atomic E-state index is 12.1. The zero-order chi connectivity index (χ0) is 20.4. The van der Waals surface area contributed by atoms with Crippen LogP contribution in [0.2, 0.25) is 0 Å². The molecule has 4 fully saturated rings. The number of Topliss-reactive ketones (excluding diaryl/α,β-unsaturated/α-hetero) is 1. The van der Waals surface area contributed by atoms with Gasteiger partial charge in [0, 0.05) is 43.5 Å². The molecule has 5 heteroatoms. The topological polar surface area (TPSA) is 55.1 Å². The van der Waals surface area contributed by atoms with E-state index in [1.807, 2.05) is 24.0 Å². The molecule has 0 aliphatic heterocycles. The highest BCUT2D eigenvalue weighted by Gasteiger charge is 2.64. The number of aromatic nitrogens is 2. The normalized spacial score (nSPS) is 46.8. The molecule has 0 saturated heterocycles. The molecule has 1 aromatic heterocycles. The third kappa shape index (κ3) is 2.90. The van der Waals surface area contributed by atoms with Gasteiger partial charge >= 0.3 is 0 Å². The zero-order valence-electron chi connectivity index (χ0n) is 18.2. The van der Waals surface area contributed by atoms with Gasteiger partial charge in [0.05, 0.1) is 5.60 Å². The predicted molar refractivity (Wildman–Crippen MR) is 116 cm³/mol. The van der Waals surface area contributed by atoms with Gasteiger partial charge < -0.3 is 9.67 Å². The Bertz CT molecular complexity index is 809. The van der Waals surface area contributed by atoms with Crippen LogP contribution in [0.25, 0.3) is 0 Å². The van der Waals surface area contributed by atoms with E-state index in [0.29, 0.717) is 23.0 Å². The van der Waals surface area contributed by atoms with Crippen molar-refractivity contribution in [2.45, 2.75) is 82.4 Å². The number of aliphatic hydroxyl groups is 1. The average Bonchev–Trinajstić information content (AvgIpc) is 3.22. The molecule has 1 aromatic rings. The molecule has 0 unspecified atom stereocenters. The van der Waals surface area contributed by atoms with Crippen LogP contribution in [0.1, 0.15) is 71.6 Å². The molecule has 7 atom stereocenters. The summed E-state index contributed by atoms with van der Waals surface area (Å²) in [6.07, 6.45) is 13.5. The van der Waals surface area contributed by atoms with E-state index in [9.17, 15) is 9.90 Å². The van der Waals surface area contributed by atoms with Gasteiger partial charge in [-0.25, -0.2) is 4.98 Å². The number of imidazole rings is 1. The second-order valence-corrected chi connectivity index (χ2v) is 12.0. The van der Waals surface area contributed by atoms with Crippen molar-refractivity contribution in [2.75, 3.05) is 5.75 Å². The van der Waals surface area contributed by atoms with E-state index >= 15 is 0 Å². The molecule has 160 valence electrons. The van der Waals surface area contributed by atoms with E-state index < -0.39 is 5.60 Å². The highest BCUT2D eigenvalue weighted by molar-refractivity contribution is 7.99. The third-order valence-electron chi connectivity index (χ3n) is 10.0. The largest absolute Gasteiger partial charge is 0.388 e. The Hall–Kier alpha value is -0.810. The summed E-state index contributed by atoms with van der Waals surface area (Å²) in [5.74, 6) is 3.95. The summed E-state index contributed by atoms with van der Waals surface area (Å²) < 4.78 is 2.05. The number of rotatable bonds is 3. The second kappa shape index (κ2) is 6.85. The Kier molecular flexibility index (Phi) is 4.75. The smallest absolute Gasteiger partial charge is 0.167 e. The third-order valence-corrected chi connectivity index (χ3v) is 11.3. The molecule has 5 rings (SSSR count). The number of carbonyl (C=O) groups is 1. The molecule has 4 saturated carbocycles. The number of nitrogens with zero attached hydrogens (tertiary/aromatic N) is 2. The Morgan fingerprint density at radius 2 is 1.97 bits per heavy atom. The van der Waals surface area contributed by atoms with Gasteiger partial charge in [0.1, 0.15) is 5.78 Å². The number of fused-ring (bicyclic) bond motifs is 5. The van der Waals surface area contributed by atoms with E-state index in [2.05, 4.69) is 18.8 Å². The lowest BCUT2D eigenvalue weighted by atomic mass is 9.44. The first-order valence-electron chi connectivity index (χ1n) is 11.6. The maximum Gasteiger partial charge on any atom is 0.167 e. The van der Waals surface area contributed by atoms with Gasteiger partial charge in [-0.2, -0.15) is 0 Å². The van der Waals surface area contributed by atoms with Crippen molar-refractivity contribution in [2.24, 2.45) is 41.5 Å². The van der Waals surface area contributed by atoms with E-state index in [1.165, 1.54) is 19.3 Å². The molecule has 1 heterocycles. The highest BCUT2D eigenvalue weighted by atomic mass is 32.2. The minimum Gasteiger partial charge on any atom is -0.388 e. The minimum atomic E-state index is -0.598. The standard InChI is InChI=1S/C24H36N2O2S/c1-22-9-6-17(27)14-16(22)4-5-18-19(22)7-10-23(2)20(18)8-11-24(23,28)15-29-21-25-12-13-26(21)3/h12-13,16,18-20,28H,4-11,14-15H2,1-3H3/t16-,18-,19+,20+,22+,23+,24-/m1/s1. The van der Waals surface area contributed by atoms with Crippen molar-refractivity contribution < 1.29 is 9.90 Å². The Balaban J connectivity index is 1.36. The zero-order valence-corrected chi connectivity index (χ0v) is 19.0. The SMILES string of the molecule is Cn1ccnc1SC[C@]1(O)CC[C@H]2[C@@H]3CC[C@@H]4CC(=O)CC[C@]4(C)[C@H]3CC[C@@]21C. The number of carbonyl (C=O) groups excluding carboxylic acids is 1. The summed E-state index contributed by atoms with van der Waals surface area (Å²) in [6, 6.07) is 0. The minimum absolute atomic E-state index is 0.0139. The summed E-state index contributed by atoms with van der Waals surface area (Å²) in [5.41, 5.74) is -0.236. The number of aryl methyl sites for hydroxylation is 1. The van der Waals surface area contributed by atoms with Gasteiger partial charge in [0.15, 0.2) is 5.16 Å². The first-order valence-corrected chi connectivity index (χ1v) is 12.6. The first-order chi connectivity index (χ1) is 13.8. The van der Waals surface area contributed by atoms with Crippen LogP contribution in [0.15, 0.2) is 17.6 Å². The van der Waals surface area contributed by atoms with Crippen LogP contribution in [-0.4, -0.2) is 31.8 Å². The molecule has 4 aliphatic carbocycles. The van der Waals surface area contributed by atoms with E-state index in [4.69, 9.17) is 0 Å². The second-order valence-electron chi connectivity index (χ2n) is 11.0. The summed E-state index contributed by atoms with van der Waals surface area (Å²) in [4.78, 5) is 16.5. The van der Waals surface area contributed by atoms with Gasteiger partial charge in [0.2, 0.25) is 0 Å². The number of thioether (sulfide) groups is 1.